The molecular weight excluding hydrogens is 242 g/mol. The van der Waals surface area contributed by atoms with Crippen LogP contribution in [0.2, 0.25) is 0 Å². The van der Waals surface area contributed by atoms with Gasteiger partial charge in [0, 0.05) is 11.1 Å². The molecule has 0 spiro atoms. The third kappa shape index (κ3) is 2.38. The normalized spacial score (nSPS) is 20.5. The van der Waals surface area contributed by atoms with Gasteiger partial charge in [-0.2, -0.15) is 0 Å². The van der Waals surface area contributed by atoms with Crippen LogP contribution >= 0.6 is 11.3 Å². The molecule has 0 bridgehead atoms. The number of hydrogen-bond donors (Lipinski definition) is 2. The summed E-state index contributed by atoms with van der Waals surface area (Å²) in [6, 6.07) is -0.445. The zero-order valence-corrected chi connectivity index (χ0v) is 10.2. The molecule has 2 rings (SSSR count). The van der Waals surface area contributed by atoms with Crippen LogP contribution in [-0.4, -0.2) is 34.3 Å². The molecule has 7 heteroatoms. The molecule has 1 unspecified atom stereocenters. The number of piperazine rings is 1. The average molecular weight is 255 g/mol. The fourth-order valence-corrected chi connectivity index (χ4v) is 2.45. The number of carbonyl (C=O) groups excluding carboxylic acids is 2. The zero-order chi connectivity index (χ0) is 12.4. The van der Waals surface area contributed by atoms with Crippen LogP contribution in [0.3, 0.4) is 0 Å². The molecule has 1 aliphatic rings. The Labute approximate surface area is 102 Å². The molecule has 2 heterocycles. The molecule has 1 aliphatic heterocycles. The highest BCUT2D eigenvalue weighted by Crippen LogP contribution is 2.13. The van der Waals surface area contributed by atoms with Crippen molar-refractivity contribution in [3.63, 3.8) is 0 Å². The van der Waals surface area contributed by atoms with Crippen molar-refractivity contribution in [1.29, 1.82) is 0 Å². The third-order valence-corrected chi connectivity index (χ3v) is 3.43. The number of thiazole rings is 1. The lowest BCUT2D eigenvalue weighted by atomic mass is 10.1. The van der Waals surface area contributed by atoms with Crippen molar-refractivity contribution in [2.45, 2.75) is 25.9 Å². The van der Waals surface area contributed by atoms with Gasteiger partial charge >= 0.3 is 4.87 Å². The lowest BCUT2D eigenvalue weighted by Crippen LogP contribution is -2.57. The van der Waals surface area contributed by atoms with Crippen molar-refractivity contribution in [2.24, 2.45) is 0 Å². The van der Waals surface area contributed by atoms with Crippen molar-refractivity contribution in [2.75, 3.05) is 6.54 Å². The molecule has 1 fully saturated rings. The molecule has 1 atom stereocenters. The summed E-state index contributed by atoms with van der Waals surface area (Å²) in [6.07, 6.45) is 0.561. The summed E-state index contributed by atoms with van der Waals surface area (Å²) in [5, 5.41) is 4.23. The fraction of sp³-hybridized carbons (Fsp3) is 0.500. The van der Waals surface area contributed by atoms with E-state index in [9.17, 15) is 14.4 Å². The maximum absolute atomic E-state index is 11.7. The van der Waals surface area contributed by atoms with Gasteiger partial charge in [-0.3, -0.25) is 14.4 Å². The van der Waals surface area contributed by atoms with Gasteiger partial charge in [0.15, 0.2) is 0 Å². The third-order valence-electron chi connectivity index (χ3n) is 2.71. The minimum absolute atomic E-state index is 0.0315. The van der Waals surface area contributed by atoms with Gasteiger partial charge in [0.25, 0.3) is 0 Å². The Kier molecular flexibility index (Phi) is 3.28. The first kappa shape index (κ1) is 11.8. The van der Waals surface area contributed by atoms with E-state index >= 15 is 0 Å². The summed E-state index contributed by atoms with van der Waals surface area (Å²) in [6.45, 7) is 2.17. The quantitative estimate of drug-likeness (QED) is 0.776. The van der Waals surface area contributed by atoms with Gasteiger partial charge in [-0.05, 0) is 6.42 Å². The molecule has 0 aromatic carbocycles. The van der Waals surface area contributed by atoms with Crippen molar-refractivity contribution in [3.05, 3.63) is 20.7 Å². The summed E-state index contributed by atoms with van der Waals surface area (Å²) in [5.74, 6) is -0.256. The van der Waals surface area contributed by atoms with Gasteiger partial charge in [-0.15, -0.1) is 0 Å². The Bertz CT molecular complexity index is 493. The lowest BCUT2D eigenvalue weighted by Gasteiger charge is -2.33. The van der Waals surface area contributed by atoms with Crippen LogP contribution in [0, 0.1) is 0 Å². The summed E-state index contributed by atoms with van der Waals surface area (Å²) < 4.78 is 0. The minimum Gasteiger partial charge on any atom is -0.345 e. The van der Waals surface area contributed by atoms with Crippen LogP contribution in [0.4, 0.5) is 0 Å². The topological polar surface area (TPSA) is 82.3 Å². The molecule has 1 aromatic heterocycles. The van der Waals surface area contributed by atoms with Gasteiger partial charge in [0.1, 0.15) is 6.04 Å². The van der Waals surface area contributed by atoms with Crippen LogP contribution in [0.15, 0.2) is 10.2 Å². The first-order valence-electron chi connectivity index (χ1n) is 5.35. The van der Waals surface area contributed by atoms with Gasteiger partial charge in [0.05, 0.1) is 13.1 Å². The maximum atomic E-state index is 11.7. The highest BCUT2D eigenvalue weighted by molar-refractivity contribution is 7.07. The summed E-state index contributed by atoms with van der Waals surface area (Å²) in [5.41, 5.74) is 0.668. The van der Waals surface area contributed by atoms with Crippen LogP contribution in [-0.2, 0) is 16.1 Å². The van der Waals surface area contributed by atoms with Crippen molar-refractivity contribution in [1.82, 2.24) is 15.2 Å². The second-order valence-corrected chi connectivity index (χ2v) is 4.68. The number of aromatic nitrogens is 1. The van der Waals surface area contributed by atoms with Crippen LogP contribution in [0.25, 0.3) is 0 Å². The number of rotatable bonds is 3. The van der Waals surface area contributed by atoms with E-state index in [4.69, 9.17) is 0 Å². The summed E-state index contributed by atoms with van der Waals surface area (Å²) in [4.78, 5) is 38.4. The molecule has 6 nitrogen and oxygen atoms in total. The van der Waals surface area contributed by atoms with E-state index in [1.807, 2.05) is 6.92 Å². The number of amides is 2. The summed E-state index contributed by atoms with van der Waals surface area (Å²) in [7, 11) is 0. The lowest BCUT2D eigenvalue weighted by molar-refractivity contribution is -0.146. The number of nitrogens with zero attached hydrogens (tertiary/aromatic N) is 1. The fourth-order valence-electron chi connectivity index (χ4n) is 1.88. The van der Waals surface area contributed by atoms with E-state index in [2.05, 4.69) is 10.3 Å². The molecular formula is C10H13N3O3S. The van der Waals surface area contributed by atoms with Crippen LogP contribution in [0.1, 0.15) is 19.0 Å². The predicted octanol–water partition coefficient (Wildman–Crippen LogP) is -0.327. The smallest absolute Gasteiger partial charge is 0.304 e. The van der Waals surface area contributed by atoms with E-state index in [-0.39, 0.29) is 29.8 Å². The molecule has 92 valence electrons. The van der Waals surface area contributed by atoms with Gasteiger partial charge in [-0.25, -0.2) is 0 Å². The van der Waals surface area contributed by atoms with Gasteiger partial charge in [-0.1, -0.05) is 18.3 Å². The van der Waals surface area contributed by atoms with E-state index in [0.717, 1.165) is 11.3 Å². The monoisotopic (exact) mass is 255 g/mol. The Morgan fingerprint density at radius 1 is 1.47 bits per heavy atom. The second-order valence-electron chi connectivity index (χ2n) is 3.84. The highest BCUT2D eigenvalue weighted by atomic mass is 32.1. The number of carbonyl (C=O) groups is 2. The number of aromatic amines is 1. The minimum atomic E-state index is -0.445. The molecule has 2 amide bonds. The average Bonchev–Trinajstić information content (AvgIpc) is 2.70. The van der Waals surface area contributed by atoms with Crippen molar-refractivity contribution >= 4 is 23.2 Å². The van der Waals surface area contributed by atoms with Crippen molar-refractivity contribution < 1.29 is 9.59 Å². The standard InChI is InChI=1S/C10H13N3O3S/c1-2-7-9(15)11-3-8(14)13(7)4-6-5-17-10(16)12-6/h5,7H,2-4H2,1H3,(H,11,15)(H,12,16). The Hall–Kier alpha value is -1.63. The predicted molar refractivity (Wildman–Crippen MR) is 62.6 cm³/mol. The van der Waals surface area contributed by atoms with E-state index in [1.54, 1.807) is 5.38 Å². The molecule has 1 saturated heterocycles. The first-order valence-corrected chi connectivity index (χ1v) is 6.23. The van der Waals surface area contributed by atoms with Gasteiger partial charge in [0.2, 0.25) is 11.8 Å². The molecule has 2 N–H and O–H groups in total. The van der Waals surface area contributed by atoms with Crippen molar-refractivity contribution in [3.8, 4) is 0 Å². The maximum Gasteiger partial charge on any atom is 0.304 e. The Morgan fingerprint density at radius 2 is 2.24 bits per heavy atom. The largest absolute Gasteiger partial charge is 0.345 e. The zero-order valence-electron chi connectivity index (χ0n) is 9.36. The number of hydrogen-bond acceptors (Lipinski definition) is 4. The molecule has 1 aromatic rings. The Balaban J connectivity index is 2.18. The van der Waals surface area contributed by atoms with E-state index < -0.39 is 6.04 Å². The number of H-pyrrole nitrogens is 1. The second kappa shape index (κ2) is 4.70. The van der Waals surface area contributed by atoms with Gasteiger partial charge < -0.3 is 15.2 Å². The molecule has 0 saturated carbocycles. The highest BCUT2D eigenvalue weighted by Gasteiger charge is 2.33. The summed E-state index contributed by atoms with van der Waals surface area (Å²) >= 11 is 1.05. The first-order chi connectivity index (χ1) is 8.11. The molecule has 0 radical (unpaired) electrons. The van der Waals surface area contributed by atoms with E-state index in [1.165, 1.54) is 4.90 Å². The molecule has 0 aliphatic carbocycles. The van der Waals surface area contributed by atoms with Crippen LogP contribution < -0.4 is 10.2 Å². The Morgan fingerprint density at radius 3 is 2.82 bits per heavy atom. The van der Waals surface area contributed by atoms with Crippen LogP contribution in [0.5, 0.6) is 0 Å². The SMILES string of the molecule is CCC1C(=O)NCC(=O)N1Cc1csc(=O)[nH]1. The molecule has 17 heavy (non-hydrogen) atoms. The van der Waals surface area contributed by atoms with E-state index in [0.29, 0.717) is 12.1 Å². The number of nitrogens with one attached hydrogen (secondary N) is 2.